The van der Waals surface area contributed by atoms with E-state index in [1.165, 1.54) is 19.8 Å². The Morgan fingerprint density at radius 2 is 1.60 bits per heavy atom. The normalized spacial score (nSPS) is 26.7. The lowest BCUT2D eigenvalue weighted by molar-refractivity contribution is 0.0266. The van der Waals surface area contributed by atoms with E-state index in [0.717, 1.165) is 12.3 Å². The predicted octanol–water partition coefficient (Wildman–Crippen LogP) is 2.02. The molecule has 1 saturated carbocycles. The monoisotopic (exact) mass is 294 g/mol. The average molecular weight is 294 g/mol. The van der Waals surface area contributed by atoms with Crippen LogP contribution in [0.4, 0.5) is 4.79 Å². The Labute approximate surface area is 121 Å². The van der Waals surface area contributed by atoms with Gasteiger partial charge in [-0.15, -0.1) is 0 Å². The van der Waals surface area contributed by atoms with E-state index in [1.807, 2.05) is 0 Å². The molecule has 0 radical (unpaired) electrons. The Hall–Kier alpha value is -0.850. The molecule has 0 aromatic heterocycles. The number of rotatable bonds is 2. The van der Waals surface area contributed by atoms with Gasteiger partial charge in [0.1, 0.15) is 0 Å². The van der Waals surface area contributed by atoms with Gasteiger partial charge in [0.25, 0.3) is 0 Å². The second-order valence-corrected chi connectivity index (χ2v) is 5.71. The number of carboxylic acid groups (broad SMARTS) is 2. The first-order valence-electron chi connectivity index (χ1n) is 7.00. The first kappa shape index (κ1) is 21.4. The third-order valence-electron chi connectivity index (χ3n) is 3.25. The molecule has 0 bridgehead atoms. The van der Waals surface area contributed by atoms with Crippen molar-refractivity contribution < 1.29 is 30.3 Å². The largest absolute Gasteiger partial charge is 0.503 e. The van der Waals surface area contributed by atoms with E-state index >= 15 is 0 Å². The maximum atomic E-state index is 9.71. The Kier molecular flexibility index (Phi) is 12.8. The van der Waals surface area contributed by atoms with Gasteiger partial charge in [-0.3, -0.25) is 0 Å². The van der Waals surface area contributed by atoms with E-state index in [4.69, 9.17) is 25.2 Å². The molecule has 0 aromatic rings. The highest BCUT2D eigenvalue weighted by atomic mass is 16.6. The minimum atomic E-state index is -1.83. The Morgan fingerprint density at radius 1 is 1.20 bits per heavy atom. The van der Waals surface area contributed by atoms with Gasteiger partial charge in [0.2, 0.25) is 0 Å². The standard InChI is InChI=1S/C10H20O.C3H8O2.CH2O3/c1-7(2)9-5-4-8(3)6-10(9)11;1-3(5)2-4;2-1(3)4/h7-11H,4-6H2,1-3H3;3-5H,2H2,1H3;(H2,2,3,4)/t8-,9+,10-;;/m1../s1. The van der Waals surface area contributed by atoms with Gasteiger partial charge < -0.3 is 25.5 Å². The summed E-state index contributed by atoms with van der Waals surface area (Å²) in [5, 5.41) is 39.7. The molecule has 0 amide bonds. The number of hydrogen-bond donors (Lipinski definition) is 5. The molecule has 0 heterocycles. The van der Waals surface area contributed by atoms with Crippen molar-refractivity contribution in [2.24, 2.45) is 17.8 Å². The highest BCUT2D eigenvalue weighted by Gasteiger charge is 2.28. The Balaban J connectivity index is 0. The minimum Gasteiger partial charge on any atom is -0.450 e. The minimum absolute atomic E-state index is 0.0289. The third-order valence-corrected chi connectivity index (χ3v) is 3.25. The van der Waals surface area contributed by atoms with Crippen LogP contribution in [0, 0.1) is 17.8 Å². The summed E-state index contributed by atoms with van der Waals surface area (Å²) in [4.78, 5) is 8.56. The Morgan fingerprint density at radius 3 is 1.85 bits per heavy atom. The van der Waals surface area contributed by atoms with Crippen molar-refractivity contribution in [2.45, 2.75) is 59.2 Å². The highest BCUT2D eigenvalue weighted by Crippen LogP contribution is 2.33. The number of carbonyl (C=O) groups is 1. The van der Waals surface area contributed by atoms with Crippen LogP contribution in [0.5, 0.6) is 0 Å². The molecule has 122 valence electrons. The molecule has 0 spiro atoms. The summed E-state index contributed by atoms with van der Waals surface area (Å²) in [7, 11) is 0. The topological polar surface area (TPSA) is 118 Å². The average Bonchev–Trinajstić information content (AvgIpc) is 2.28. The highest BCUT2D eigenvalue weighted by molar-refractivity contribution is 5.53. The van der Waals surface area contributed by atoms with Crippen molar-refractivity contribution in [2.75, 3.05) is 6.61 Å². The Bertz CT molecular complexity index is 238. The molecule has 5 N–H and O–H groups in total. The molecular formula is C14H30O6. The fraction of sp³-hybridized carbons (Fsp3) is 0.929. The van der Waals surface area contributed by atoms with Crippen molar-refractivity contribution in [1.82, 2.24) is 0 Å². The van der Waals surface area contributed by atoms with Crippen molar-refractivity contribution in [3.8, 4) is 0 Å². The lowest BCUT2D eigenvalue weighted by Crippen LogP contribution is -2.31. The smallest absolute Gasteiger partial charge is 0.450 e. The van der Waals surface area contributed by atoms with Crippen LogP contribution < -0.4 is 0 Å². The van der Waals surface area contributed by atoms with Crippen molar-refractivity contribution in [3.05, 3.63) is 0 Å². The summed E-state index contributed by atoms with van der Waals surface area (Å²) in [5.74, 6) is 1.95. The maximum Gasteiger partial charge on any atom is 0.503 e. The lowest BCUT2D eigenvalue weighted by atomic mass is 9.75. The van der Waals surface area contributed by atoms with E-state index in [9.17, 15) is 5.11 Å². The van der Waals surface area contributed by atoms with Gasteiger partial charge in [0, 0.05) is 0 Å². The van der Waals surface area contributed by atoms with Crippen LogP contribution in [0.3, 0.4) is 0 Å². The quantitative estimate of drug-likeness (QED) is 0.532. The first-order chi connectivity index (χ1) is 9.11. The van der Waals surface area contributed by atoms with E-state index in [2.05, 4.69) is 20.8 Å². The van der Waals surface area contributed by atoms with Crippen LogP contribution in [-0.2, 0) is 0 Å². The van der Waals surface area contributed by atoms with Crippen LogP contribution >= 0.6 is 0 Å². The van der Waals surface area contributed by atoms with Crippen LogP contribution in [0.15, 0.2) is 0 Å². The second-order valence-electron chi connectivity index (χ2n) is 5.71. The predicted molar refractivity (Wildman–Crippen MR) is 76.8 cm³/mol. The molecule has 6 nitrogen and oxygen atoms in total. The second kappa shape index (κ2) is 11.9. The lowest BCUT2D eigenvalue weighted by Gasteiger charge is -2.33. The van der Waals surface area contributed by atoms with Crippen molar-refractivity contribution >= 4 is 6.16 Å². The fourth-order valence-corrected chi connectivity index (χ4v) is 2.15. The molecule has 1 aliphatic carbocycles. The summed E-state index contributed by atoms with van der Waals surface area (Å²) in [6.45, 7) is 8.05. The molecule has 20 heavy (non-hydrogen) atoms. The molecule has 1 unspecified atom stereocenters. The molecule has 0 aromatic carbocycles. The van der Waals surface area contributed by atoms with E-state index < -0.39 is 12.3 Å². The molecular weight excluding hydrogens is 264 g/mol. The van der Waals surface area contributed by atoms with Crippen LogP contribution in [0.1, 0.15) is 47.0 Å². The number of hydrogen-bond acceptors (Lipinski definition) is 4. The summed E-state index contributed by atoms with van der Waals surface area (Å²) in [5.41, 5.74) is 0. The van der Waals surface area contributed by atoms with Gasteiger partial charge in [-0.2, -0.15) is 0 Å². The molecule has 1 aliphatic rings. The maximum absolute atomic E-state index is 9.71. The van der Waals surface area contributed by atoms with E-state index in [-0.39, 0.29) is 12.7 Å². The van der Waals surface area contributed by atoms with Crippen LogP contribution in [0.2, 0.25) is 0 Å². The number of aliphatic hydroxyl groups excluding tert-OH is 3. The molecule has 0 saturated heterocycles. The number of aliphatic hydroxyl groups is 3. The SMILES string of the molecule is CC(C)[C@@H]1CC[C@@H](C)C[C@H]1O.CC(O)CO.O=C(O)O. The summed E-state index contributed by atoms with van der Waals surface area (Å²) >= 11 is 0. The van der Waals surface area contributed by atoms with Crippen molar-refractivity contribution in [1.29, 1.82) is 0 Å². The van der Waals surface area contributed by atoms with Gasteiger partial charge in [-0.1, -0.05) is 27.2 Å². The van der Waals surface area contributed by atoms with E-state index in [0.29, 0.717) is 11.8 Å². The van der Waals surface area contributed by atoms with Gasteiger partial charge in [0.15, 0.2) is 0 Å². The molecule has 4 atom stereocenters. The zero-order valence-electron chi connectivity index (χ0n) is 12.9. The van der Waals surface area contributed by atoms with Crippen LogP contribution in [-0.4, -0.2) is 50.5 Å². The van der Waals surface area contributed by atoms with Gasteiger partial charge in [0.05, 0.1) is 18.8 Å². The van der Waals surface area contributed by atoms with E-state index in [1.54, 1.807) is 0 Å². The van der Waals surface area contributed by atoms with Gasteiger partial charge in [-0.25, -0.2) is 4.79 Å². The summed E-state index contributed by atoms with van der Waals surface area (Å²) < 4.78 is 0. The first-order valence-corrected chi connectivity index (χ1v) is 7.00. The third kappa shape index (κ3) is 13.6. The van der Waals surface area contributed by atoms with Crippen molar-refractivity contribution in [3.63, 3.8) is 0 Å². The molecule has 0 aliphatic heterocycles. The fourth-order valence-electron chi connectivity index (χ4n) is 2.15. The van der Waals surface area contributed by atoms with Crippen LogP contribution in [0.25, 0.3) is 0 Å². The molecule has 1 fully saturated rings. The summed E-state index contributed by atoms with van der Waals surface area (Å²) in [6, 6.07) is 0. The zero-order valence-corrected chi connectivity index (χ0v) is 12.9. The van der Waals surface area contributed by atoms with Gasteiger partial charge in [-0.05, 0) is 37.5 Å². The molecule has 6 heteroatoms. The summed E-state index contributed by atoms with van der Waals surface area (Å²) in [6.07, 6.45) is 1.12. The zero-order chi connectivity index (χ0) is 16.3. The molecule has 1 rings (SSSR count). The van der Waals surface area contributed by atoms with Gasteiger partial charge >= 0.3 is 6.16 Å².